The molecule has 2 aliphatic rings. The number of nitrogens with one attached hydrogen (secondary N) is 3. The quantitative estimate of drug-likeness (QED) is 0.479. The summed E-state index contributed by atoms with van der Waals surface area (Å²) in [7, 11) is 2.21. The van der Waals surface area contributed by atoms with Gasteiger partial charge < -0.3 is 20.9 Å². The van der Waals surface area contributed by atoms with E-state index < -0.39 is 5.82 Å². The van der Waals surface area contributed by atoms with E-state index in [9.17, 15) is 4.39 Å². The van der Waals surface area contributed by atoms with Crippen molar-refractivity contribution >= 4 is 40.1 Å². The summed E-state index contributed by atoms with van der Waals surface area (Å²) in [6, 6.07) is 5.40. The van der Waals surface area contributed by atoms with E-state index in [1.54, 1.807) is 12.3 Å². The molecule has 2 aromatic heterocycles. The first-order chi connectivity index (χ1) is 16.5. The van der Waals surface area contributed by atoms with Crippen molar-refractivity contribution in [2.75, 3.05) is 37.3 Å². The predicted octanol–water partition coefficient (Wildman–Crippen LogP) is 4.22. The lowest BCUT2D eigenvalue weighted by molar-refractivity contribution is 0.199. The van der Waals surface area contributed by atoms with Crippen LogP contribution < -0.4 is 16.0 Å². The molecule has 1 aliphatic heterocycles. The first-order valence-electron chi connectivity index (χ1n) is 11.9. The zero-order valence-electron chi connectivity index (χ0n) is 19.3. The minimum Gasteiger partial charge on any atom is -0.351 e. The SMILES string of the molecule is CN1CCNC(CC2CCC(Nc3ncc4ncnc(Nc5ccc(F)c(Cl)c5)c4n3)CC2)C1. The van der Waals surface area contributed by atoms with E-state index in [4.69, 9.17) is 16.6 Å². The third-order valence-corrected chi connectivity index (χ3v) is 7.11. The number of anilines is 3. The number of benzene rings is 1. The zero-order chi connectivity index (χ0) is 23.5. The molecule has 1 aromatic carbocycles. The van der Waals surface area contributed by atoms with Gasteiger partial charge in [-0.05, 0) is 63.3 Å². The van der Waals surface area contributed by atoms with Crippen molar-refractivity contribution in [1.82, 2.24) is 30.2 Å². The Morgan fingerprint density at radius 3 is 2.82 bits per heavy atom. The number of aromatic nitrogens is 4. The van der Waals surface area contributed by atoms with E-state index in [1.807, 2.05) is 0 Å². The summed E-state index contributed by atoms with van der Waals surface area (Å²) in [6.07, 6.45) is 9.06. The standard InChI is InChI=1S/C24H30ClFN8/c1-34-9-8-27-18(13-34)10-15-2-4-16(5-3-15)32-24-28-12-21-22(33-24)23(30-14-29-21)31-17-6-7-20(26)19(25)11-17/h6-7,11-12,14-16,18,27H,2-5,8-10,13H2,1H3,(H,28,32,33)(H,29,30,31). The van der Waals surface area contributed by atoms with E-state index in [0.717, 1.165) is 38.4 Å². The average molecular weight is 485 g/mol. The van der Waals surface area contributed by atoms with Gasteiger partial charge in [0.15, 0.2) is 5.82 Å². The van der Waals surface area contributed by atoms with E-state index in [2.05, 4.69) is 42.8 Å². The molecule has 34 heavy (non-hydrogen) atoms. The monoisotopic (exact) mass is 484 g/mol. The van der Waals surface area contributed by atoms with Gasteiger partial charge in [0.1, 0.15) is 23.2 Å². The summed E-state index contributed by atoms with van der Waals surface area (Å²) in [6.45, 7) is 3.37. The second kappa shape index (κ2) is 10.3. The molecule has 2 fully saturated rings. The Hall–Kier alpha value is -2.62. The predicted molar refractivity (Wildman–Crippen MR) is 133 cm³/mol. The molecular formula is C24H30ClFN8. The minimum absolute atomic E-state index is 0.0437. The third kappa shape index (κ3) is 5.54. The molecule has 0 spiro atoms. The maximum absolute atomic E-state index is 13.5. The molecular weight excluding hydrogens is 455 g/mol. The number of hydrogen-bond donors (Lipinski definition) is 3. The molecule has 3 aromatic rings. The molecule has 1 saturated heterocycles. The Bertz CT molecular complexity index is 1140. The molecule has 3 N–H and O–H groups in total. The number of likely N-dealkylation sites (N-methyl/N-ethyl adjacent to an activating group) is 1. The molecule has 3 heterocycles. The maximum atomic E-state index is 13.5. The summed E-state index contributed by atoms with van der Waals surface area (Å²) in [5.41, 5.74) is 1.85. The van der Waals surface area contributed by atoms with Crippen LogP contribution in [0.3, 0.4) is 0 Å². The maximum Gasteiger partial charge on any atom is 0.223 e. The van der Waals surface area contributed by atoms with Crippen LogP contribution in [0.4, 0.5) is 21.8 Å². The summed E-state index contributed by atoms with van der Waals surface area (Å²) < 4.78 is 13.5. The second-order valence-electron chi connectivity index (χ2n) is 9.41. The van der Waals surface area contributed by atoms with Gasteiger partial charge in [0.05, 0.1) is 11.2 Å². The summed E-state index contributed by atoms with van der Waals surface area (Å²) >= 11 is 5.91. The average Bonchev–Trinajstić information content (AvgIpc) is 2.83. The highest BCUT2D eigenvalue weighted by Gasteiger charge is 2.26. The number of fused-ring (bicyclic) bond motifs is 1. The van der Waals surface area contributed by atoms with Gasteiger partial charge in [0.25, 0.3) is 0 Å². The number of halogens is 2. The van der Waals surface area contributed by atoms with Crippen molar-refractivity contribution in [2.45, 2.75) is 44.2 Å². The van der Waals surface area contributed by atoms with Crippen LogP contribution in [0.1, 0.15) is 32.1 Å². The first-order valence-corrected chi connectivity index (χ1v) is 12.3. The molecule has 0 bridgehead atoms. The van der Waals surface area contributed by atoms with Crippen LogP contribution in [0.15, 0.2) is 30.7 Å². The van der Waals surface area contributed by atoms with Crippen LogP contribution in [0.5, 0.6) is 0 Å². The molecule has 180 valence electrons. The van der Waals surface area contributed by atoms with E-state index in [0.29, 0.717) is 40.6 Å². The van der Waals surface area contributed by atoms with E-state index in [1.165, 1.54) is 37.7 Å². The highest BCUT2D eigenvalue weighted by atomic mass is 35.5. The Kier molecular flexibility index (Phi) is 7.03. The smallest absolute Gasteiger partial charge is 0.223 e. The van der Waals surface area contributed by atoms with Crippen LogP contribution in [-0.4, -0.2) is 63.6 Å². The van der Waals surface area contributed by atoms with Crippen molar-refractivity contribution < 1.29 is 4.39 Å². The third-order valence-electron chi connectivity index (χ3n) is 6.82. The molecule has 10 heteroatoms. The number of hydrogen-bond acceptors (Lipinski definition) is 8. The van der Waals surface area contributed by atoms with Crippen molar-refractivity contribution in [1.29, 1.82) is 0 Å². The van der Waals surface area contributed by atoms with E-state index >= 15 is 0 Å². The summed E-state index contributed by atoms with van der Waals surface area (Å²) in [5.74, 6) is 1.39. The van der Waals surface area contributed by atoms with Crippen molar-refractivity contribution in [3.8, 4) is 0 Å². The number of piperazine rings is 1. The Balaban J connectivity index is 1.22. The van der Waals surface area contributed by atoms with Crippen molar-refractivity contribution in [3.63, 3.8) is 0 Å². The number of nitrogens with zero attached hydrogens (tertiary/aromatic N) is 5. The molecule has 5 rings (SSSR count). The highest BCUT2D eigenvalue weighted by molar-refractivity contribution is 6.31. The van der Waals surface area contributed by atoms with Crippen LogP contribution in [0.25, 0.3) is 11.0 Å². The Morgan fingerprint density at radius 2 is 2.03 bits per heavy atom. The summed E-state index contributed by atoms with van der Waals surface area (Å²) in [5, 5.41) is 10.4. The molecule has 1 aliphatic carbocycles. The Labute approximate surface area is 203 Å². The Morgan fingerprint density at radius 1 is 1.18 bits per heavy atom. The lowest BCUT2D eigenvalue weighted by atomic mass is 9.82. The van der Waals surface area contributed by atoms with E-state index in [-0.39, 0.29) is 5.02 Å². The molecule has 0 amide bonds. The van der Waals surface area contributed by atoms with Crippen molar-refractivity contribution in [2.24, 2.45) is 5.92 Å². The lowest BCUT2D eigenvalue weighted by Crippen LogP contribution is -2.49. The number of rotatable bonds is 6. The highest BCUT2D eigenvalue weighted by Crippen LogP contribution is 2.30. The van der Waals surface area contributed by atoms with Gasteiger partial charge >= 0.3 is 0 Å². The molecule has 1 atom stereocenters. The molecule has 1 unspecified atom stereocenters. The van der Waals surface area contributed by atoms with Crippen LogP contribution in [-0.2, 0) is 0 Å². The van der Waals surface area contributed by atoms with Gasteiger partial charge in [0.2, 0.25) is 5.95 Å². The van der Waals surface area contributed by atoms with Gasteiger partial charge in [-0.1, -0.05) is 11.6 Å². The van der Waals surface area contributed by atoms with Crippen molar-refractivity contribution in [3.05, 3.63) is 41.6 Å². The first kappa shape index (κ1) is 23.1. The largest absolute Gasteiger partial charge is 0.351 e. The molecule has 8 nitrogen and oxygen atoms in total. The fourth-order valence-electron chi connectivity index (χ4n) is 5.00. The van der Waals surface area contributed by atoms with Crippen LogP contribution in [0.2, 0.25) is 5.02 Å². The van der Waals surface area contributed by atoms with Crippen LogP contribution in [0, 0.1) is 11.7 Å². The normalized spacial score (nSPS) is 23.7. The van der Waals surface area contributed by atoms with Crippen LogP contribution >= 0.6 is 11.6 Å². The minimum atomic E-state index is -0.467. The van der Waals surface area contributed by atoms with Gasteiger partial charge in [0, 0.05) is 37.4 Å². The second-order valence-corrected chi connectivity index (χ2v) is 9.82. The van der Waals surface area contributed by atoms with Gasteiger partial charge in [-0.3, -0.25) is 0 Å². The molecule has 1 saturated carbocycles. The topological polar surface area (TPSA) is 90.9 Å². The lowest BCUT2D eigenvalue weighted by Gasteiger charge is -2.35. The van der Waals surface area contributed by atoms with Gasteiger partial charge in [-0.2, -0.15) is 0 Å². The zero-order valence-corrected chi connectivity index (χ0v) is 20.0. The van der Waals surface area contributed by atoms with Gasteiger partial charge in [-0.15, -0.1) is 0 Å². The summed E-state index contributed by atoms with van der Waals surface area (Å²) in [4.78, 5) is 20.2. The van der Waals surface area contributed by atoms with Gasteiger partial charge in [-0.25, -0.2) is 24.3 Å². The fraction of sp³-hybridized carbons (Fsp3) is 0.500. The molecule has 0 radical (unpaired) electrons. The fourth-order valence-corrected chi connectivity index (χ4v) is 5.18.